The predicted molar refractivity (Wildman–Crippen MR) is 90.9 cm³/mol. The van der Waals surface area contributed by atoms with E-state index < -0.39 is 21.8 Å². The van der Waals surface area contributed by atoms with Gasteiger partial charge in [0.25, 0.3) is 0 Å². The van der Waals surface area contributed by atoms with Crippen LogP contribution in [0.4, 0.5) is 5.69 Å². The molecule has 3 rings (SSSR count). The number of hydrogen-bond acceptors (Lipinski definition) is 6. The number of carbonyl (C=O) groups is 2. The largest absolute Gasteiger partial charge is 0.454 e. The van der Waals surface area contributed by atoms with E-state index in [1.54, 1.807) is 18.2 Å². The molecule has 2 amide bonds. The highest BCUT2D eigenvalue weighted by molar-refractivity contribution is 7.89. The van der Waals surface area contributed by atoms with Gasteiger partial charge in [0.15, 0.2) is 11.5 Å². The molecule has 2 aromatic carbocycles. The lowest BCUT2D eigenvalue weighted by Crippen LogP contribution is -2.34. The van der Waals surface area contributed by atoms with E-state index in [4.69, 9.17) is 14.6 Å². The summed E-state index contributed by atoms with van der Waals surface area (Å²) in [5.41, 5.74) is 1.01. The first-order chi connectivity index (χ1) is 12.3. The van der Waals surface area contributed by atoms with Crippen molar-refractivity contribution in [1.29, 1.82) is 0 Å². The average Bonchev–Trinajstić information content (AvgIpc) is 3.07. The van der Waals surface area contributed by atoms with Crippen molar-refractivity contribution in [3.63, 3.8) is 0 Å². The smallest absolute Gasteiger partial charge is 0.313 e. The van der Waals surface area contributed by atoms with Gasteiger partial charge in [0.2, 0.25) is 16.8 Å². The molecule has 1 aliphatic heterocycles. The highest BCUT2D eigenvalue weighted by Gasteiger charge is 2.16. The number of benzene rings is 2. The van der Waals surface area contributed by atoms with E-state index in [0.717, 1.165) is 5.56 Å². The van der Waals surface area contributed by atoms with Crippen LogP contribution in [0.1, 0.15) is 5.56 Å². The Morgan fingerprint density at radius 3 is 2.38 bits per heavy atom. The molecule has 0 atom stereocenters. The molecule has 0 aromatic heterocycles. The maximum Gasteiger partial charge on any atom is 0.313 e. The Morgan fingerprint density at radius 1 is 1.00 bits per heavy atom. The summed E-state index contributed by atoms with van der Waals surface area (Å²) in [6, 6.07) is 10.3. The van der Waals surface area contributed by atoms with E-state index in [1.165, 1.54) is 24.3 Å². The topological polar surface area (TPSA) is 137 Å². The van der Waals surface area contributed by atoms with Crippen molar-refractivity contribution in [2.45, 2.75) is 11.4 Å². The summed E-state index contributed by atoms with van der Waals surface area (Å²) in [5, 5.41) is 9.84. The maximum atomic E-state index is 11.9. The number of nitrogens with two attached hydrogens (primary N) is 1. The molecular formula is C16H15N3O6S. The standard InChI is InChI=1S/C16H15N3O6S/c17-26(22,23)12-4-2-11(3-5-12)19-16(21)15(20)18-8-10-1-6-13-14(7-10)25-9-24-13/h1-7H,8-9H2,(H,18,20)(H,19,21)(H2,17,22,23). The first-order valence-electron chi connectivity index (χ1n) is 7.43. The minimum absolute atomic E-state index is 0.0947. The zero-order valence-electron chi connectivity index (χ0n) is 13.4. The number of nitrogens with one attached hydrogen (secondary N) is 2. The third kappa shape index (κ3) is 4.10. The Labute approximate surface area is 149 Å². The van der Waals surface area contributed by atoms with Crippen LogP contribution < -0.4 is 25.2 Å². The summed E-state index contributed by atoms with van der Waals surface area (Å²) in [6.07, 6.45) is 0. The second kappa shape index (κ2) is 7.02. The van der Waals surface area contributed by atoms with Gasteiger partial charge in [-0.3, -0.25) is 9.59 Å². The summed E-state index contributed by atoms with van der Waals surface area (Å²) in [4.78, 5) is 23.7. The second-order valence-electron chi connectivity index (χ2n) is 5.39. The number of primary sulfonamides is 1. The van der Waals surface area contributed by atoms with E-state index in [9.17, 15) is 18.0 Å². The Morgan fingerprint density at radius 2 is 1.69 bits per heavy atom. The van der Waals surface area contributed by atoms with Gasteiger partial charge < -0.3 is 20.1 Å². The van der Waals surface area contributed by atoms with Crippen molar-refractivity contribution in [1.82, 2.24) is 5.32 Å². The van der Waals surface area contributed by atoms with Crippen molar-refractivity contribution in [2.24, 2.45) is 5.14 Å². The SMILES string of the molecule is NS(=O)(=O)c1ccc(NC(=O)C(=O)NCc2ccc3c(c2)OCO3)cc1. The van der Waals surface area contributed by atoms with Crippen molar-refractivity contribution < 1.29 is 27.5 Å². The molecule has 26 heavy (non-hydrogen) atoms. The van der Waals surface area contributed by atoms with Gasteiger partial charge in [-0.25, -0.2) is 13.6 Å². The zero-order chi connectivity index (χ0) is 18.7. The Balaban J connectivity index is 1.55. The van der Waals surface area contributed by atoms with Gasteiger partial charge in [0, 0.05) is 12.2 Å². The third-order valence-corrected chi connectivity index (χ3v) is 4.47. The average molecular weight is 377 g/mol. The number of sulfonamides is 1. The Kier molecular flexibility index (Phi) is 4.78. The van der Waals surface area contributed by atoms with Crippen molar-refractivity contribution in [2.75, 3.05) is 12.1 Å². The number of amides is 2. The molecule has 4 N–H and O–H groups in total. The van der Waals surface area contributed by atoms with Crippen LogP contribution in [-0.2, 0) is 26.2 Å². The van der Waals surface area contributed by atoms with E-state index >= 15 is 0 Å². The van der Waals surface area contributed by atoms with E-state index in [1.807, 2.05) is 0 Å². The lowest BCUT2D eigenvalue weighted by atomic mass is 10.2. The normalized spacial score (nSPS) is 12.5. The fourth-order valence-corrected chi connectivity index (χ4v) is 2.74. The maximum absolute atomic E-state index is 11.9. The van der Waals surface area contributed by atoms with Crippen LogP contribution in [0.25, 0.3) is 0 Å². The lowest BCUT2D eigenvalue weighted by molar-refractivity contribution is -0.136. The van der Waals surface area contributed by atoms with Gasteiger partial charge in [-0.1, -0.05) is 6.07 Å². The second-order valence-corrected chi connectivity index (χ2v) is 6.96. The van der Waals surface area contributed by atoms with Crippen LogP contribution in [0.2, 0.25) is 0 Å². The highest BCUT2D eigenvalue weighted by Crippen LogP contribution is 2.32. The van der Waals surface area contributed by atoms with Crippen LogP contribution in [0.3, 0.4) is 0 Å². The van der Waals surface area contributed by atoms with Crippen LogP contribution in [0.15, 0.2) is 47.4 Å². The zero-order valence-corrected chi connectivity index (χ0v) is 14.2. The van der Waals surface area contributed by atoms with Crippen molar-refractivity contribution in [3.05, 3.63) is 48.0 Å². The summed E-state index contributed by atoms with van der Waals surface area (Å²) < 4.78 is 32.8. The molecule has 0 unspecified atom stereocenters. The molecule has 0 saturated heterocycles. The minimum Gasteiger partial charge on any atom is -0.454 e. The third-order valence-electron chi connectivity index (χ3n) is 3.54. The van der Waals surface area contributed by atoms with Gasteiger partial charge in [0.1, 0.15) is 0 Å². The molecule has 136 valence electrons. The van der Waals surface area contributed by atoms with Crippen LogP contribution in [0, 0.1) is 0 Å². The summed E-state index contributed by atoms with van der Waals surface area (Å²) >= 11 is 0. The van der Waals surface area contributed by atoms with Crippen molar-refractivity contribution in [3.8, 4) is 11.5 Å². The van der Waals surface area contributed by atoms with Gasteiger partial charge in [-0.15, -0.1) is 0 Å². The van der Waals surface area contributed by atoms with Gasteiger partial charge >= 0.3 is 11.8 Å². The number of ether oxygens (including phenoxy) is 2. The highest BCUT2D eigenvalue weighted by atomic mass is 32.2. The number of fused-ring (bicyclic) bond motifs is 1. The molecule has 0 saturated carbocycles. The predicted octanol–water partition coefficient (Wildman–Crippen LogP) is 0.318. The molecule has 2 aromatic rings. The molecule has 9 nitrogen and oxygen atoms in total. The summed E-state index contributed by atoms with van der Waals surface area (Å²) in [5.74, 6) is -0.510. The molecular weight excluding hydrogens is 362 g/mol. The number of hydrogen-bond donors (Lipinski definition) is 3. The fraction of sp³-hybridized carbons (Fsp3) is 0.125. The number of carbonyl (C=O) groups excluding carboxylic acids is 2. The van der Waals surface area contributed by atoms with E-state index in [0.29, 0.717) is 11.5 Å². The first kappa shape index (κ1) is 17.7. The number of rotatable bonds is 4. The quantitative estimate of drug-likeness (QED) is 0.656. The summed E-state index contributed by atoms with van der Waals surface area (Å²) in [7, 11) is -3.82. The van der Waals surface area contributed by atoms with E-state index in [-0.39, 0.29) is 23.9 Å². The molecule has 0 aliphatic carbocycles. The monoisotopic (exact) mass is 377 g/mol. The molecule has 0 spiro atoms. The molecule has 1 aliphatic rings. The van der Waals surface area contributed by atoms with Crippen molar-refractivity contribution >= 4 is 27.5 Å². The molecule has 10 heteroatoms. The Bertz CT molecular complexity index is 956. The van der Waals surface area contributed by atoms with Crippen LogP contribution in [0.5, 0.6) is 11.5 Å². The van der Waals surface area contributed by atoms with Crippen LogP contribution in [-0.4, -0.2) is 27.0 Å². The van der Waals surface area contributed by atoms with Gasteiger partial charge in [0.05, 0.1) is 4.90 Å². The molecule has 0 fully saturated rings. The Hall–Kier alpha value is -3.11. The summed E-state index contributed by atoms with van der Waals surface area (Å²) in [6.45, 7) is 0.283. The van der Waals surface area contributed by atoms with Crippen LogP contribution >= 0.6 is 0 Å². The molecule has 1 heterocycles. The first-order valence-corrected chi connectivity index (χ1v) is 8.98. The lowest BCUT2D eigenvalue weighted by Gasteiger charge is -2.08. The fourth-order valence-electron chi connectivity index (χ4n) is 2.23. The molecule has 0 radical (unpaired) electrons. The van der Waals surface area contributed by atoms with Gasteiger partial charge in [-0.2, -0.15) is 0 Å². The van der Waals surface area contributed by atoms with E-state index in [2.05, 4.69) is 10.6 Å². The minimum atomic E-state index is -3.82. The molecule has 0 bridgehead atoms. The van der Waals surface area contributed by atoms with Gasteiger partial charge in [-0.05, 0) is 42.0 Å². The number of anilines is 1.